The van der Waals surface area contributed by atoms with E-state index in [1.165, 1.54) is 0 Å². The fraction of sp³-hybridized carbons (Fsp3) is 0. The minimum absolute atomic E-state index is 0.236. The fourth-order valence-corrected chi connectivity index (χ4v) is 9.14. The van der Waals surface area contributed by atoms with E-state index in [1.807, 2.05) is 72.8 Å². The van der Waals surface area contributed by atoms with Crippen LogP contribution in [0.1, 0.15) is 0 Å². The Morgan fingerprint density at radius 2 is 0.871 bits per heavy atom. The molecule has 0 radical (unpaired) electrons. The first-order chi connectivity index (χ1) is 30.7. The summed E-state index contributed by atoms with van der Waals surface area (Å²) in [5, 5.41) is 6.96. The summed E-state index contributed by atoms with van der Waals surface area (Å²) in [6, 6.07) is 58.5. The van der Waals surface area contributed by atoms with Gasteiger partial charge in [0.1, 0.15) is 0 Å². The molecule has 290 valence electrons. The molecule has 0 bridgehead atoms. The fourth-order valence-electron chi connectivity index (χ4n) is 8.97. The number of thiocarbonyl (C=S) groups is 2. The van der Waals surface area contributed by atoms with E-state index in [4.69, 9.17) is 43.9 Å². The highest BCUT2D eigenvalue weighted by molar-refractivity contribution is 7.78. The number of benzene rings is 8. The van der Waals surface area contributed by atoms with Crippen LogP contribution in [0.25, 0.3) is 55.5 Å². The van der Waals surface area contributed by atoms with Crippen molar-refractivity contribution in [3.63, 3.8) is 0 Å². The van der Waals surface area contributed by atoms with E-state index in [0.29, 0.717) is 11.4 Å². The summed E-state index contributed by atoms with van der Waals surface area (Å²) in [5.41, 5.74) is 13.4. The predicted octanol–water partition coefficient (Wildman–Crippen LogP) is 15.2. The van der Waals surface area contributed by atoms with Crippen molar-refractivity contribution < 1.29 is 9.47 Å². The molecule has 0 spiro atoms. The Morgan fingerprint density at radius 1 is 0.435 bits per heavy atom. The zero-order valence-corrected chi connectivity index (χ0v) is 34.1. The van der Waals surface area contributed by atoms with Gasteiger partial charge in [-0.05, 0) is 131 Å². The van der Waals surface area contributed by atoms with Gasteiger partial charge in [-0.15, -0.1) is 0 Å². The zero-order valence-electron chi connectivity index (χ0n) is 32.5. The number of nitrogens with zero attached hydrogens (tertiary/aromatic N) is 6. The molecule has 3 heterocycles. The molecule has 1 aliphatic carbocycles. The summed E-state index contributed by atoms with van der Waals surface area (Å²) in [5.74, 6) is 3.69. The van der Waals surface area contributed by atoms with Gasteiger partial charge in [0.2, 0.25) is 11.6 Å². The lowest BCUT2D eigenvalue weighted by Gasteiger charge is -2.33. The Bertz CT molecular complexity index is 3360. The third-order valence-corrected chi connectivity index (χ3v) is 11.7. The molecular formula is C52H28N6O2S2. The van der Waals surface area contributed by atoms with Crippen LogP contribution in [0, 0.1) is 0 Å². The molecule has 12 rings (SSSR count). The number of para-hydroxylation sites is 8. The molecule has 0 fully saturated rings. The smallest absolute Gasteiger partial charge is 0.209 e. The second kappa shape index (κ2) is 14.3. The quantitative estimate of drug-likeness (QED) is 0.121. The van der Waals surface area contributed by atoms with Gasteiger partial charge in [-0.1, -0.05) is 91.0 Å². The highest BCUT2D eigenvalue weighted by Crippen LogP contribution is 2.55. The van der Waals surface area contributed by atoms with E-state index in [2.05, 4.69) is 127 Å². The maximum atomic E-state index is 6.32. The Morgan fingerprint density at radius 3 is 1.34 bits per heavy atom. The highest BCUT2D eigenvalue weighted by Gasteiger charge is 2.31. The minimum atomic E-state index is 0.236. The number of hydrogen-bond donors (Lipinski definition) is 0. The van der Waals surface area contributed by atoms with Crippen LogP contribution in [0.4, 0.5) is 45.8 Å². The van der Waals surface area contributed by atoms with Crippen molar-refractivity contribution in [3.05, 3.63) is 170 Å². The first-order valence-corrected chi connectivity index (χ1v) is 20.7. The molecule has 0 saturated carbocycles. The SMILES string of the molecule is S=C=Nc1nc2c(nc1N=C=S)-c1cc(-c3ccc(N4c5ccccc5Oc5ccccc54)cc3)c(-c3ccc(N4c5ccccc5Oc5ccccc54)cc3)c3cccc-2c13. The Kier molecular flexibility index (Phi) is 8.25. The van der Waals surface area contributed by atoms with Crippen LogP contribution in [-0.4, -0.2) is 20.3 Å². The summed E-state index contributed by atoms with van der Waals surface area (Å²) < 4.78 is 12.6. The minimum Gasteiger partial charge on any atom is -0.453 e. The van der Waals surface area contributed by atoms with Crippen molar-refractivity contribution in [2.75, 3.05) is 9.80 Å². The lowest BCUT2D eigenvalue weighted by atomic mass is 9.87. The van der Waals surface area contributed by atoms with Crippen molar-refractivity contribution in [2.24, 2.45) is 9.98 Å². The standard InChI is InChI=1S/C52H28N6O2S2/c61-29-53-51-52(54-30-62)56-50-38-28-37(31-20-24-33(25-21-31)57-39-12-1-5-16-43(39)59-44-17-6-2-13-40(44)57)47(35-10-9-11-36(48(35)38)49(50)55-51)32-22-26-34(27-23-32)58-41-14-3-7-18-45(41)60-46-19-8-4-15-42(46)58/h1-28H. The van der Waals surface area contributed by atoms with Gasteiger partial charge in [0, 0.05) is 27.9 Å². The van der Waals surface area contributed by atoms with Gasteiger partial charge in [0.05, 0.1) is 44.5 Å². The second-order valence-electron chi connectivity index (χ2n) is 14.9. The number of anilines is 6. The molecule has 9 aromatic rings. The number of isothiocyanates is 2. The first-order valence-electron chi connectivity index (χ1n) is 19.9. The van der Waals surface area contributed by atoms with Gasteiger partial charge in [-0.25, -0.2) is 9.97 Å². The van der Waals surface area contributed by atoms with E-state index in [0.717, 1.165) is 101 Å². The maximum Gasteiger partial charge on any atom is 0.209 e. The second-order valence-corrected chi connectivity index (χ2v) is 15.3. The Labute approximate surface area is 366 Å². The van der Waals surface area contributed by atoms with E-state index in [-0.39, 0.29) is 11.6 Å². The monoisotopic (exact) mass is 832 g/mol. The van der Waals surface area contributed by atoms with Crippen molar-refractivity contribution in [2.45, 2.75) is 0 Å². The average Bonchev–Trinajstić information content (AvgIpc) is 3.63. The van der Waals surface area contributed by atoms with Crippen molar-refractivity contribution >= 4 is 91.3 Å². The molecule has 8 aromatic carbocycles. The van der Waals surface area contributed by atoms with Crippen LogP contribution in [0.3, 0.4) is 0 Å². The van der Waals surface area contributed by atoms with Crippen molar-refractivity contribution in [3.8, 4) is 67.8 Å². The molecule has 0 atom stereocenters. The topological polar surface area (TPSA) is 75.4 Å². The van der Waals surface area contributed by atoms with Gasteiger partial charge in [0.25, 0.3) is 0 Å². The number of aliphatic imine (C=N–C) groups is 2. The molecular weight excluding hydrogens is 805 g/mol. The normalized spacial score (nSPS) is 12.4. The summed E-state index contributed by atoms with van der Waals surface area (Å²) in [7, 11) is 0. The molecule has 0 N–H and O–H groups in total. The third-order valence-electron chi connectivity index (χ3n) is 11.5. The number of ether oxygens (including phenoxy) is 2. The summed E-state index contributed by atoms with van der Waals surface area (Å²) in [6.07, 6.45) is 0. The van der Waals surface area contributed by atoms with Crippen LogP contribution in [-0.2, 0) is 0 Å². The summed E-state index contributed by atoms with van der Waals surface area (Å²) >= 11 is 9.96. The van der Waals surface area contributed by atoms with Gasteiger partial charge in [-0.2, -0.15) is 9.98 Å². The van der Waals surface area contributed by atoms with Crippen LogP contribution in [0.2, 0.25) is 0 Å². The maximum absolute atomic E-state index is 6.32. The largest absolute Gasteiger partial charge is 0.453 e. The molecule has 0 unspecified atom stereocenters. The van der Waals surface area contributed by atoms with Crippen LogP contribution >= 0.6 is 24.4 Å². The van der Waals surface area contributed by atoms with Crippen LogP contribution in [0.5, 0.6) is 23.0 Å². The predicted molar refractivity (Wildman–Crippen MR) is 254 cm³/mol. The summed E-state index contributed by atoms with van der Waals surface area (Å²) in [4.78, 5) is 22.8. The van der Waals surface area contributed by atoms with Gasteiger partial charge < -0.3 is 19.3 Å². The molecule has 8 nitrogen and oxygen atoms in total. The van der Waals surface area contributed by atoms with E-state index >= 15 is 0 Å². The van der Waals surface area contributed by atoms with Gasteiger partial charge >= 0.3 is 0 Å². The number of aromatic nitrogens is 2. The molecule has 2 aliphatic heterocycles. The zero-order chi connectivity index (χ0) is 41.3. The average molecular weight is 833 g/mol. The van der Waals surface area contributed by atoms with Gasteiger partial charge in [-0.3, -0.25) is 0 Å². The van der Waals surface area contributed by atoms with Gasteiger partial charge in [0.15, 0.2) is 23.0 Å². The number of fused-ring (bicyclic) bond motifs is 7. The molecule has 1 aromatic heterocycles. The summed E-state index contributed by atoms with van der Waals surface area (Å²) in [6.45, 7) is 0. The molecule has 62 heavy (non-hydrogen) atoms. The van der Waals surface area contributed by atoms with Crippen LogP contribution < -0.4 is 19.3 Å². The van der Waals surface area contributed by atoms with Crippen molar-refractivity contribution in [1.29, 1.82) is 0 Å². The van der Waals surface area contributed by atoms with E-state index < -0.39 is 0 Å². The Balaban J connectivity index is 1.05. The molecule has 0 saturated heterocycles. The number of rotatable bonds is 6. The molecule has 3 aliphatic rings. The highest BCUT2D eigenvalue weighted by atomic mass is 32.1. The lowest BCUT2D eigenvalue weighted by Crippen LogP contribution is -2.15. The lowest BCUT2D eigenvalue weighted by molar-refractivity contribution is 0.477. The molecule has 10 heteroatoms. The van der Waals surface area contributed by atoms with Crippen molar-refractivity contribution in [1.82, 2.24) is 9.97 Å². The molecule has 0 amide bonds. The van der Waals surface area contributed by atoms with E-state index in [9.17, 15) is 0 Å². The third kappa shape index (κ3) is 5.53. The first kappa shape index (κ1) is 35.8. The Hall–Kier alpha value is -8.10. The van der Waals surface area contributed by atoms with Crippen LogP contribution in [0.15, 0.2) is 180 Å². The van der Waals surface area contributed by atoms with E-state index in [1.54, 1.807) is 0 Å². The number of hydrogen-bond acceptors (Lipinski definition) is 10.